The summed E-state index contributed by atoms with van der Waals surface area (Å²) in [6.07, 6.45) is 1.80. The number of hydrogen-bond acceptors (Lipinski definition) is 6. The SMILES string of the molecule is Cc1ccc(-c2noc(CN3CCCC(CN(C)C(=O)OC(C)(C)C)C3)n2)cc1F. The van der Waals surface area contributed by atoms with Crippen LogP contribution >= 0.6 is 0 Å². The monoisotopic (exact) mass is 418 g/mol. The van der Waals surface area contributed by atoms with Crippen molar-refractivity contribution < 1.29 is 18.4 Å². The van der Waals surface area contributed by atoms with Crippen LogP contribution in [-0.2, 0) is 11.3 Å². The molecule has 2 aromatic rings. The number of aryl methyl sites for hydroxylation is 1. The van der Waals surface area contributed by atoms with Crippen molar-refractivity contribution in [2.24, 2.45) is 5.92 Å². The van der Waals surface area contributed by atoms with Crippen LogP contribution in [-0.4, -0.2) is 58.3 Å². The summed E-state index contributed by atoms with van der Waals surface area (Å²) < 4.78 is 24.6. The van der Waals surface area contributed by atoms with Crippen molar-refractivity contribution in [3.8, 4) is 11.4 Å². The Morgan fingerprint density at radius 1 is 1.40 bits per heavy atom. The first kappa shape index (κ1) is 22.2. The lowest BCUT2D eigenvalue weighted by Crippen LogP contribution is -2.42. The van der Waals surface area contributed by atoms with Crippen molar-refractivity contribution in [3.05, 3.63) is 35.5 Å². The predicted octanol–water partition coefficient (Wildman–Crippen LogP) is 4.26. The molecule has 0 bridgehead atoms. The number of nitrogens with zero attached hydrogens (tertiary/aromatic N) is 4. The van der Waals surface area contributed by atoms with E-state index in [1.807, 2.05) is 20.8 Å². The van der Waals surface area contributed by atoms with E-state index >= 15 is 0 Å². The first-order valence-corrected chi connectivity index (χ1v) is 10.4. The lowest BCUT2D eigenvalue weighted by molar-refractivity contribution is 0.0238. The summed E-state index contributed by atoms with van der Waals surface area (Å²) in [7, 11) is 1.78. The molecule has 1 aromatic carbocycles. The summed E-state index contributed by atoms with van der Waals surface area (Å²) in [5.74, 6) is 0.964. The van der Waals surface area contributed by atoms with Gasteiger partial charge in [-0.05, 0) is 64.6 Å². The number of ether oxygens (including phenoxy) is 1. The maximum Gasteiger partial charge on any atom is 0.410 e. The summed E-state index contributed by atoms with van der Waals surface area (Å²) >= 11 is 0. The lowest BCUT2D eigenvalue weighted by Gasteiger charge is -2.34. The second-order valence-corrected chi connectivity index (χ2v) is 9.08. The number of halogens is 1. The molecular formula is C22H31FN4O3. The second kappa shape index (κ2) is 9.12. The maximum absolute atomic E-state index is 13.8. The molecule has 0 aliphatic carbocycles. The summed E-state index contributed by atoms with van der Waals surface area (Å²) in [6.45, 7) is 10.3. The van der Waals surface area contributed by atoms with Crippen molar-refractivity contribution in [2.45, 2.75) is 52.7 Å². The van der Waals surface area contributed by atoms with Crippen LogP contribution in [0.25, 0.3) is 11.4 Å². The molecule has 0 radical (unpaired) electrons. The Kier molecular flexibility index (Phi) is 6.75. The number of carbonyl (C=O) groups excluding carboxylic acids is 1. The van der Waals surface area contributed by atoms with Crippen LogP contribution < -0.4 is 0 Å². The van der Waals surface area contributed by atoms with Crippen molar-refractivity contribution in [1.29, 1.82) is 0 Å². The maximum atomic E-state index is 13.8. The average molecular weight is 419 g/mol. The Bertz CT molecular complexity index is 878. The molecule has 3 rings (SSSR count). The number of carbonyl (C=O) groups is 1. The largest absolute Gasteiger partial charge is 0.444 e. The molecule has 0 N–H and O–H groups in total. The molecule has 1 fully saturated rings. The molecule has 8 heteroatoms. The number of likely N-dealkylation sites (tertiary alicyclic amines) is 1. The third-order valence-corrected chi connectivity index (χ3v) is 5.10. The fourth-order valence-corrected chi connectivity index (χ4v) is 3.61. The molecule has 1 aliphatic rings. The van der Waals surface area contributed by atoms with Crippen LogP contribution in [0.3, 0.4) is 0 Å². The van der Waals surface area contributed by atoms with Gasteiger partial charge in [0.2, 0.25) is 11.7 Å². The smallest absolute Gasteiger partial charge is 0.410 e. The third kappa shape index (κ3) is 6.01. The minimum absolute atomic E-state index is 0.285. The Morgan fingerprint density at radius 2 is 2.17 bits per heavy atom. The molecule has 1 aromatic heterocycles. The van der Waals surface area contributed by atoms with Crippen molar-refractivity contribution in [2.75, 3.05) is 26.7 Å². The number of benzene rings is 1. The number of piperidine rings is 1. The molecular weight excluding hydrogens is 387 g/mol. The average Bonchev–Trinajstić information content (AvgIpc) is 3.11. The van der Waals surface area contributed by atoms with Crippen LogP contribution in [0.4, 0.5) is 9.18 Å². The van der Waals surface area contributed by atoms with Crippen LogP contribution in [0.15, 0.2) is 22.7 Å². The zero-order chi connectivity index (χ0) is 21.9. The molecule has 1 saturated heterocycles. The Labute approximate surface area is 177 Å². The minimum atomic E-state index is -0.500. The molecule has 2 heterocycles. The van der Waals surface area contributed by atoms with Gasteiger partial charge in [0.05, 0.1) is 6.54 Å². The highest BCUT2D eigenvalue weighted by molar-refractivity contribution is 5.67. The van der Waals surface area contributed by atoms with Crippen LogP contribution in [0.2, 0.25) is 0 Å². The Balaban J connectivity index is 1.55. The topological polar surface area (TPSA) is 71.7 Å². The zero-order valence-corrected chi connectivity index (χ0v) is 18.4. The molecule has 30 heavy (non-hydrogen) atoms. The summed E-state index contributed by atoms with van der Waals surface area (Å²) in [6, 6.07) is 4.92. The van der Waals surface area contributed by atoms with E-state index in [0.29, 0.717) is 41.8 Å². The number of hydrogen-bond donors (Lipinski definition) is 0. The fourth-order valence-electron chi connectivity index (χ4n) is 3.61. The van der Waals surface area contributed by atoms with Gasteiger partial charge in [0.25, 0.3) is 0 Å². The first-order chi connectivity index (χ1) is 14.1. The minimum Gasteiger partial charge on any atom is -0.444 e. The van der Waals surface area contributed by atoms with Gasteiger partial charge in [0, 0.05) is 25.7 Å². The first-order valence-electron chi connectivity index (χ1n) is 10.4. The highest BCUT2D eigenvalue weighted by Crippen LogP contribution is 2.22. The predicted molar refractivity (Wildman–Crippen MR) is 111 cm³/mol. The summed E-state index contributed by atoms with van der Waals surface area (Å²) in [4.78, 5) is 20.5. The van der Waals surface area contributed by atoms with E-state index in [0.717, 1.165) is 25.9 Å². The quantitative estimate of drug-likeness (QED) is 0.722. The fraction of sp³-hybridized carbons (Fsp3) is 0.591. The van der Waals surface area contributed by atoms with E-state index in [1.54, 1.807) is 31.0 Å². The number of amides is 1. The molecule has 7 nitrogen and oxygen atoms in total. The highest BCUT2D eigenvalue weighted by atomic mass is 19.1. The van der Waals surface area contributed by atoms with Gasteiger partial charge in [-0.15, -0.1) is 0 Å². The number of rotatable bonds is 5. The van der Waals surface area contributed by atoms with Gasteiger partial charge in [-0.1, -0.05) is 17.3 Å². The van der Waals surface area contributed by atoms with E-state index in [2.05, 4.69) is 15.0 Å². The molecule has 0 spiro atoms. The van der Waals surface area contributed by atoms with E-state index in [-0.39, 0.29) is 11.9 Å². The van der Waals surface area contributed by atoms with E-state index in [4.69, 9.17) is 9.26 Å². The lowest BCUT2D eigenvalue weighted by atomic mass is 9.97. The van der Waals surface area contributed by atoms with Crippen molar-refractivity contribution in [1.82, 2.24) is 19.9 Å². The van der Waals surface area contributed by atoms with Gasteiger partial charge in [-0.2, -0.15) is 4.98 Å². The van der Waals surface area contributed by atoms with E-state index in [9.17, 15) is 9.18 Å². The van der Waals surface area contributed by atoms with Gasteiger partial charge in [0.1, 0.15) is 11.4 Å². The van der Waals surface area contributed by atoms with Crippen LogP contribution in [0.1, 0.15) is 45.1 Å². The third-order valence-electron chi connectivity index (χ3n) is 5.10. The van der Waals surface area contributed by atoms with Gasteiger partial charge in [-0.3, -0.25) is 4.90 Å². The second-order valence-electron chi connectivity index (χ2n) is 9.08. The van der Waals surface area contributed by atoms with Crippen LogP contribution in [0.5, 0.6) is 0 Å². The van der Waals surface area contributed by atoms with Crippen LogP contribution in [0, 0.1) is 18.7 Å². The highest BCUT2D eigenvalue weighted by Gasteiger charge is 2.26. The molecule has 164 valence electrons. The van der Waals surface area contributed by atoms with Gasteiger partial charge in [-0.25, -0.2) is 9.18 Å². The standard InChI is InChI=1S/C22H31FN4O3/c1-15-8-9-17(11-18(15)23)20-24-19(30-25-20)14-27-10-6-7-16(13-27)12-26(5)21(28)29-22(2,3)4/h8-9,11,16H,6-7,10,12-14H2,1-5H3. The normalized spacial score (nSPS) is 17.7. The van der Waals surface area contributed by atoms with E-state index in [1.165, 1.54) is 6.07 Å². The van der Waals surface area contributed by atoms with Gasteiger partial charge >= 0.3 is 6.09 Å². The Hall–Kier alpha value is -2.48. The van der Waals surface area contributed by atoms with Gasteiger partial charge < -0.3 is 14.2 Å². The Morgan fingerprint density at radius 3 is 2.87 bits per heavy atom. The van der Waals surface area contributed by atoms with Gasteiger partial charge in [0.15, 0.2) is 0 Å². The van der Waals surface area contributed by atoms with Crippen molar-refractivity contribution in [3.63, 3.8) is 0 Å². The molecule has 0 saturated carbocycles. The van der Waals surface area contributed by atoms with E-state index < -0.39 is 5.60 Å². The summed E-state index contributed by atoms with van der Waals surface area (Å²) in [5.41, 5.74) is 0.682. The molecule has 1 amide bonds. The van der Waals surface area contributed by atoms with Crippen molar-refractivity contribution >= 4 is 6.09 Å². The molecule has 1 atom stereocenters. The zero-order valence-electron chi connectivity index (χ0n) is 18.4. The summed E-state index contributed by atoms with van der Waals surface area (Å²) in [5, 5.41) is 4.00. The molecule has 1 unspecified atom stereocenters. The number of aromatic nitrogens is 2. The molecule has 1 aliphatic heterocycles.